The van der Waals surface area contributed by atoms with Crippen LogP contribution in [0.3, 0.4) is 0 Å². The van der Waals surface area contributed by atoms with Crippen LogP contribution in [-0.4, -0.2) is 6.04 Å². The minimum Gasteiger partial charge on any atom is -0.397 e. The first-order valence-corrected chi connectivity index (χ1v) is 7.43. The van der Waals surface area contributed by atoms with E-state index in [2.05, 4.69) is 32.2 Å². The minimum atomic E-state index is 0.299. The topological polar surface area (TPSA) is 61.8 Å². The third kappa shape index (κ3) is 1.78. The predicted molar refractivity (Wildman–Crippen MR) is 82.2 cm³/mol. The third-order valence-electron chi connectivity index (χ3n) is 5.75. The predicted octanol–water partition coefficient (Wildman–Crippen LogP) is 3.77. The maximum absolute atomic E-state index is 8.92. The minimum absolute atomic E-state index is 0.299. The first kappa shape index (κ1) is 13.3. The second-order valence-corrected chi connectivity index (χ2v) is 7.41. The molecule has 3 heteroatoms. The van der Waals surface area contributed by atoms with Gasteiger partial charge in [-0.25, -0.2) is 0 Å². The SMILES string of the molecule is CC12CCC(C1)C(C)(C)C2Nc1ccc(C#N)cc1N. The molecule has 3 unspecified atom stereocenters. The Morgan fingerprint density at radius 1 is 1.35 bits per heavy atom. The molecule has 0 saturated heterocycles. The second-order valence-electron chi connectivity index (χ2n) is 7.41. The van der Waals surface area contributed by atoms with Gasteiger partial charge in [-0.3, -0.25) is 0 Å². The van der Waals surface area contributed by atoms with Gasteiger partial charge in [0.25, 0.3) is 0 Å². The van der Waals surface area contributed by atoms with Crippen molar-refractivity contribution >= 4 is 11.4 Å². The molecule has 0 amide bonds. The van der Waals surface area contributed by atoms with Gasteiger partial charge in [0.05, 0.1) is 23.0 Å². The fraction of sp³-hybridized carbons (Fsp3) is 0.588. The Balaban J connectivity index is 1.90. The average Bonchev–Trinajstić information content (AvgIpc) is 2.87. The van der Waals surface area contributed by atoms with Crippen molar-refractivity contribution < 1.29 is 0 Å². The number of nitrogens with zero attached hydrogens (tertiary/aromatic N) is 1. The number of hydrogen-bond acceptors (Lipinski definition) is 3. The van der Waals surface area contributed by atoms with E-state index in [0.29, 0.717) is 28.1 Å². The van der Waals surface area contributed by atoms with E-state index in [1.807, 2.05) is 12.1 Å². The Morgan fingerprint density at radius 2 is 2.10 bits per heavy atom. The molecule has 0 aliphatic heterocycles. The molecule has 3 nitrogen and oxygen atoms in total. The van der Waals surface area contributed by atoms with E-state index in [1.165, 1.54) is 19.3 Å². The summed E-state index contributed by atoms with van der Waals surface area (Å²) in [6.07, 6.45) is 3.97. The maximum atomic E-state index is 8.92. The summed E-state index contributed by atoms with van der Waals surface area (Å²) in [6.45, 7) is 7.15. The van der Waals surface area contributed by atoms with E-state index in [1.54, 1.807) is 6.07 Å². The Bertz CT molecular complexity index is 580. The number of nitrogen functional groups attached to an aromatic ring is 1. The highest BCUT2D eigenvalue weighted by Crippen LogP contribution is 2.63. The summed E-state index contributed by atoms with van der Waals surface area (Å²) in [5, 5.41) is 12.6. The molecule has 20 heavy (non-hydrogen) atoms. The van der Waals surface area contributed by atoms with Crippen LogP contribution in [0, 0.1) is 28.1 Å². The molecule has 2 saturated carbocycles. The van der Waals surface area contributed by atoms with Crippen molar-refractivity contribution in [2.24, 2.45) is 16.7 Å². The summed E-state index contributed by atoms with van der Waals surface area (Å²) in [5.74, 6) is 0.810. The highest BCUT2D eigenvalue weighted by atomic mass is 15.0. The van der Waals surface area contributed by atoms with Crippen LogP contribution in [0.5, 0.6) is 0 Å². The molecule has 2 bridgehead atoms. The normalized spacial score (nSPS) is 33.9. The van der Waals surface area contributed by atoms with Crippen molar-refractivity contribution in [2.45, 2.75) is 46.1 Å². The van der Waals surface area contributed by atoms with Gasteiger partial charge in [-0.15, -0.1) is 0 Å². The number of rotatable bonds is 2. The van der Waals surface area contributed by atoms with Gasteiger partial charge in [0, 0.05) is 6.04 Å². The number of anilines is 2. The van der Waals surface area contributed by atoms with Crippen molar-refractivity contribution in [1.29, 1.82) is 5.26 Å². The highest BCUT2D eigenvalue weighted by Gasteiger charge is 2.59. The zero-order chi connectivity index (χ0) is 14.5. The largest absolute Gasteiger partial charge is 0.397 e. The summed E-state index contributed by atoms with van der Waals surface area (Å²) in [6, 6.07) is 8.11. The van der Waals surface area contributed by atoms with Crippen molar-refractivity contribution in [3.8, 4) is 6.07 Å². The molecule has 106 valence electrons. The molecule has 0 radical (unpaired) electrons. The number of nitrogens with one attached hydrogen (secondary N) is 1. The molecule has 2 fully saturated rings. The molecular formula is C17H23N3. The summed E-state index contributed by atoms with van der Waals surface area (Å²) in [7, 11) is 0. The van der Waals surface area contributed by atoms with Crippen molar-refractivity contribution in [3.05, 3.63) is 23.8 Å². The molecule has 1 aromatic rings. The van der Waals surface area contributed by atoms with Gasteiger partial charge in [0.2, 0.25) is 0 Å². The van der Waals surface area contributed by atoms with Crippen LogP contribution in [0.2, 0.25) is 0 Å². The van der Waals surface area contributed by atoms with Crippen molar-refractivity contribution in [2.75, 3.05) is 11.1 Å². The number of nitrogens with two attached hydrogens (primary N) is 1. The third-order valence-corrected chi connectivity index (χ3v) is 5.75. The van der Waals surface area contributed by atoms with Gasteiger partial charge < -0.3 is 11.1 Å². The van der Waals surface area contributed by atoms with Gasteiger partial charge in [-0.2, -0.15) is 5.26 Å². The molecule has 3 atom stereocenters. The smallest absolute Gasteiger partial charge is 0.0992 e. The quantitative estimate of drug-likeness (QED) is 0.803. The summed E-state index contributed by atoms with van der Waals surface area (Å²) in [4.78, 5) is 0. The van der Waals surface area contributed by atoms with E-state index in [4.69, 9.17) is 11.0 Å². The molecule has 1 aromatic carbocycles. The Hall–Kier alpha value is -1.69. The van der Waals surface area contributed by atoms with E-state index < -0.39 is 0 Å². The average molecular weight is 269 g/mol. The monoisotopic (exact) mass is 269 g/mol. The molecule has 0 heterocycles. The first-order valence-electron chi connectivity index (χ1n) is 7.43. The Morgan fingerprint density at radius 3 is 2.65 bits per heavy atom. The van der Waals surface area contributed by atoms with Gasteiger partial charge >= 0.3 is 0 Å². The first-order chi connectivity index (χ1) is 9.37. The molecule has 2 aliphatic carbocycles. The molecule has 3 rings (SSSR count). The Kier molecular flexibility index (Phi) is 2.76. The zero-order valence-corrected chi connectivity index (χ0v) is 12.5. The summed E-state index contributed by atoms with van der Waals surface area (Å²) >= 11 is 0. The molecule has 2 aliphatic rings. The number of hydrogen-bond donors (Lipinski definition) is 2. The van der Waals surface area contributed by atoms with Crippen LogP contribution in [0.25, 0.3) is 0 Å². The van der Waals surface area contributed by atoms with E-state index >= 15 is 0 Å². The standard InChI is InChI=1S/C17H23N3/c1-16(2)12-6-7-17(3,9-12)15(16)20-14-5-4-11(10-18)8-13(14)19/h4-5,8,12,15,20H,6-7,9,19H2,1-3H3. The maximum Gasteiger partial charge on any atom is 0.0992 e. The second kappa shape index (κ2) is 4.15. The van der Waals surface area contributed by atoms with E-state index in [9.17, 15) is 0 Å². The lowest BCUT2D eigenvalue weighted by Gasteiger charge is -2.43. The zero-order valence-electron chi connectivity index (χ0n) is 12.5. The van der Waals surface area contributed by atoms with Crippen LogP contribution in [0.1, 0.15) is 45.6 Å². The van der Waals surface area contributed by atoms with Gasteiger partial charge in [-0.1, -0.05) is 20.8 Å². The van der Waals surface area contributed by atoms with Gasteiger partial charge in [0.15, 0.2) is 0 Å². The fourth-order valence-electron chi connectivity index (χ4n) is 4.58. The van der Waals surface area contributed by atoms with Gasteiger partial charge in [0.1, 0.15) is 0 Å². The van der Waals surface area contributed by atoms with Crippen LogP contribution >= 0.6 is 0 Å². The van der Waals surface area contributed by atoms with Crippen molar-refractivity contribution in [3.63, 3.8) is 0 Å². The number of fused-ring (bicyclic) bond motifs is 2. The lowest BCUT2D eigenvalue weighted by atomic mass is 9.68. The van der Waals surface area contributed by atoms with E-state index in [0.717, 1.165) is 11.6 Å². The molecule has 3 N–H and O–H groups in total. The summed E-state index contributed by atoms with van der Waals surface area (Å²) < 4.78 is 0. The fourth-order valence-corrected chi connectivity index (χ4v) is 4.58. The highest BCUT2D eigenvalue weighted by molar-refractivity contribution is 5.69. The molecule has 0 spiro atoms. The van der Waals surface area contributed by atoms with Gasteiger partial charge in [-0.05, 0) is 54.2 Å². The van der Waals surface area contributed by atoms with Crippen molar-refractivity contribution in [1.82, 2.24) is 0 Å². The summed E-state index contributed by atoms with van der Waals surface area (Å²) in [5.41, 5.74) is 9.02. The lowest BCUT2D eigenvalue weighted by Crippen LogP contribution is -2.45. The number of nitriles is 1. The number of benzene rings is 1. The Labute approximate surface area is 121 Å². The van der Waals surface area contributed by atoms with Crippen LogP contribution in [-0.2, 0) is 0 Å². The van der Waals surface area contributed by atoms with Crippen LogP contribution in [0.4, 0.5) is 11.4 Å². The van der Waals surface area contributed by atoms with Crippen LogP contribution in [0.15, 0.2) is 18.2 Å². The van der Waals surface area contributed by atoms with E-state index in [-0.39, 0.29) is 0 Å². The van der Waals surface area contributed by atoms with Crippen LogP contribution < -0.4 is 11.1 Å². The lowest BCUT2D eigenvalue weighted by molar-refractivity contribution is 0.155. The molecule has 0 aromatic heterocycles. The molecular weight excluding hydrogens is 246 g/mol.